The van der Waals surface area contributed by atoms with Gasteiger partial charge in [0.25, 0.3) is 5.91 Å². The van der Waals surface area contributed by atoms with E-state index in [2.05, 4.69) is 5.32 Å². The van der Waals surface area contributed by atoms with Crippen LogP contribution >= 0.6 is 11.6 Å². The third kappa shape index (κ3) is 4.64. The van der Waals surface area contributed by atoms with Gasteiger partial charge in [0.05, 0.1) is 25.5 Å². The zero-order chi connectivity index (χ0) is 19.3. The number of hydrogen-bond acceptors (Lipinski definition) is 5. The van der Waals surface area contributed by atoms with Gasteiger partial charge in [-0.2, -0.15) is 0 Å². The van der Waals surface area contributed by atoms with Crippen molar-refractivity contribution in [2.75, 3.05) is 26.1 Å². The largest absolute Gasteiger partial charge is 0.497 e. The molecule has 0 heterocycles. The molecule has 0 aromatic heterocycles. The maximum Gasteiger partial charge on any atom is 0.341 e. The number of esters is 1. The van der Waals surface area contributed by atoms with E-state index >= 15 is 0 Å². The molecule has 0 unspecified atom stereocenters. The summed E-state index contributed by atoms with van der Waals surface area (Å²) in [5.74, 6) is -1.74. The second-order valence-corrected chi connectivity index (χ2v) is 5.68. The molecule has 1 amide bonds. The molecule has 2 aromatic rings. The van der Waals surface area contributed by atoms with Gasteiger partial charge in [-0.15, -0.1) is 0 Å². The number of ether oxygens (including phenoxy) is 3. The lowest BCUT2D eigenvalue weighted by Crippen LogP contribution is -2.21. The smallest absolute Gasteiger partial charge is 0.341 e. The number of anilines is 1. The van der Waals surface area contributed by atoms with Crippen LogP contribution in [0.1, 0.15) is 15.9 Å². The van der Waals surface area contributed by atoms with Crippen LogP contribution < -0.4 is 14.8 Å². The van der Waals surface area contributed by atoms with E-state index < -0.39 is 24.3 Å². The lowest BCUT2D eigenvalue weighted by Gasteiger charge is -2.12. The molecule has 6 nitrogen and oxygen atoms in total. The molecule has 26 heavy (non-hydrogen) atoms. The van der Waals surface area contributed by atoms with Crippen molar-refractivity contribution in [3.63, 3.8) is 0 Å². The summed E-state index contributed by atoms with van der Waals surface area (Å²) in [6.07, 6.45) is 0. The summed E-state index contributed by atoms with van der Waals surface area (Å²) in [6.45, 7) is 1.18. The van der Waals surface area contributed by atoms with Crippen molar-refractivity contribution in [2.24, 2.45) is 0 Å². The Labute approximate surface area is 154 Å². The highest BCUT2D eigenvalue weighted by atomic mass is 35.5. The predicted molar refractivity (Wildman–Crippen MR) is 94.6 cm³/mol. The van der Waals surface area contributed by atoms with Crippen LogP contribution in [-0.4, -0.2) is 32.7 Å². The molecule has 1 N–H and O–H groups in total. The molecular weight excluding hydrogens is 365 g/mol. The third-order valence-electron chi connectivity index (χ3n) is 3.49. The fraction of sp³-hybridized carbons (Fsp3) is 0.222. The Bertz CT molecular complexity index is 841. The van der Waals surface area contributed by atoms with E-state index in [1.807, 2.05) is 0 Å². The summed E-state index contributed by atoms with van der Waals surface area (Å²) in [5, 5.41) is 3.04. The highest BCUT2D eigenvalue weighted by Gasteiger charge is 2.17. The summed E-state index contributed by atoms with van der Waals surface area (Å²) in [6, 6.07) is 6.88. The zero-order valence-electron chi connectivity index (χ0n) is 14.4. The number of hydrogen-bond donors (Lipinski definition) is 1. The van der Waals surface area contributed by atoms with E-state index in [-0.39, 0.29) is 11.3 Å². The fourth-order valence-electron chi connectivity index (χ4n) is 2.11. The lowest BCUT2D eigenvalue weighted by molar-refractivity contribution is -0.119. The quantitative estimate of drug-likeness (QED) is 0.774. The van der Waals surface area contributed by atoms with Crippen LogP contribution in [-0.2, 0) is 9.53 Å². The Hall–Kier alpha value is -2.80. The minimum atomic E-state index is -0.959. The molecule has 0 saturated heterocycles. The van der Waals surface area contributed by atoms with E-state index in [0.717, 1.165) is 11.6 Å². The van der Waals surface area contributed by atoms with Crippen LogP contribution in [0, 0.1) is 12.7 Å². The summed E-state index contributed by atoms with van der Waals surface area (Å²) in [7, 11) is 2.81. The van der Waals surface area contributed by atoms with Gasteiger partial charge in [0.2, 0.25) is 0 Å². The normalized spacial score (nSPS) is 10.2. The second kappa shape index (κ2) is 8.53. The average molecular weight is 382 g/mol. The first-order chi connectivity index (χ1) is 12.3. The molecule has 2 rings (SSSR count). The van der Waals surface area contributed by atoms with Crippen LogP contribution in [0.5, 0.6) is 11.5 Å². The van der Waals surface area contributed by atoms with Crippen LogP contribution in [0.3, 0.4) is 0 Å². The van der Waals surface area contributed by atoms with Gasteiger partial charge in [-0.25, -0.2) is 9.18 Å². The minimum absolute atomic E-state index is 0.266. The van der Waals surface area contributed by atoms with Crippen molar-refractivity contribution in [1.29, 1.82) is 0 Å². The topological polar surface area (TPSA) is 73.9 Å². The molecule has 0 atom stereocenters. The van der Waals surface area contributed by atoms with Crippen molar-refractivity contribution in [3.05, 3.63) is 52.3 Å². The summed E-state index contributed by atoms with van der Waals surface area (Å²) in [4.78, 5) is 23.9. The lowest BCUT2D eigenvalue weighted by atomic mass is 10.2. The van der Waals surface area contributed by atoms with Gasteiger partial charge in [0.1, 0.15) is 17.3 Å². The maximum absolute atomic E-state index is 13.8. The number of carbonyl (C=O) groups excluding carboxylic acids is 2. The van der Waals surface area contributed by atoms with E-state index in [4.69, 9.17) is 25.8 Å². The zero-order valence-corrected chi connectivity index (χ0v) is 15.1. The summed E-state index contributed by atoms with van der Waals surface area (Å²) in [5.41, 5.74) is 0.824. The summed E-state index contributed by atoms with van der Waals surface area (Å²) < 4.78 is 28.7. The molecule has 0 bridgehead atoms. The number of carbonyl (C=O) groups is 2. The van der Waals surface area contributed by atoms with Crippen molar-refractivity contribution >= 4 is 29.2 Å². The Balaban J connectivity index is 2.01. The van der Waals surface area contributed by atoms with Gasteiger partial charge < -0.3 is 19.5 Å². The van der Waals surface area contributed by atoms with Crippen LogP contribution in [0.25, 0.3) is 0 Å². The summed E-state index contributed by atoms with van der Waals surface area (Å²) >= 11 is 6.00. The standard InChI is InChI=1S/C18H17ClFNO5/c1-10-6-15(16(25-3)8-13(10)19)21-17(22)9-26-18(23)12-5-4-11(24-2)7-14(12)20/h4-8H,9H2,1-3H3,(H,21,22). The molecule has 0 fully saturated rings. The van der Waals surface area contributed by atoms with Gasteiger partial charge >= 0.3 is 5.97 Å². The van der Waals surface area contributed by atoms with Crippen molar-refractivity contribution < 1.29 is 28.2 Å². The number of benzene rings is 2. The first kappa shape index (κ1) is 19.5. The van der Waals surface area contributed by atoms with Gasteiger partial charge in [-0.05, 0) is 30.7 Å². The van der Waals surface area contributed by atoms with E-state index in [9.17, 15) is 14.0 Å². The predicted octanol–water partition coefficient (Wildman–Crippen LogP) is 3.60. The first-order valence-electron chi connectivity index (χ1n) is 7.50. The highest BCUT2D eigenvalue weighted by molar-refractivity contribution is 6.31. The molecule has 138 valence electrons. The molecule has 0 aliphatic heterocycles. The van der Waals surface area contributed by atoms with Crippen LogP contribution in [0.4, 0.5) is 10.1 Å². The van der Waals surface area contributed by atoms with E-state index in [0.29, 0.717) is 16.5 Å². The second-order valence-electron chi connectivity index (χ2n) is 5.27. The first-order valence-corrected chi connectivity index (χ1v) is 7.88. The number of nitrogens with one attached hydrogen (secondary N) is 1. The fourth-order valence-corrected chi connectivity index (χ4v) is 2.27. The van der Waals surface area contributed by atoms with Crippen molar-refractivity contribution in [2.45, 2.75) is 6.92 Å². The Morgan fingerprint density at radius 1 is 1.15 bits per heavy atom. The molecule has 2 aromatic carbocycles. The Kier molecular flexibility index (Phi) is 6.41. The Morgan fingerprint density at radius 2 is 1.88 bits per heavy atom. The van der Waals surface area contributed by atoms with Gasteiger partial charge in [0.15, 0.2) is 6.61 Å². The number of aryl methyl sites for hydroxylation is 1. The maximum atomic E-state index is 13.8. The van der Waals surface area contributed by atoms with E-state index in [1.54, 1.807) is 19.1 Å². The molecular formula is C18H17ClFNO5. The molecule has 0 aliphatic carbocycles. The van der Waals surface area contributed by atoms with Gasteiger partial charge in [-0.3, -0.25) is 4.79 Å². The SMILES string of the molecule is COc1ccc(C(=O)OCC(=O)Nc2cc(C)c(Cl)cc2OC)c(F)c1. The monoisotopic (exact) mass is 381 g/mol. The molecule has 0 radical (unpaired) electrons. The molecule has 0 aliphatic rings. The number of halogens is 2. The van der Waals surface area contributed by atoms with Gasteiger partial charge in [0, 0.05) is 17.2 Å². The van der Waals surface area contributed by atoms with E-state index in [1.165, 1.54) is 26.4 Å². The minimum Gasteiger partial charge on any atom is -0.497 e. The number of amides is 1. The molecule has 8 heteroatoms. The average Bonchev–Trinajstić information content (AvgIpc) is 2.62. The molecule has 0 spiro atoms. The van der Waals surface area contributed by atoms with Crippen LogP contribution in [0.15, 0.2) is 30.3 Å². The van der Waals surface area contributed by atoms with Crippen molar-refractivity contribution in [1.82, 2.24) is 0 Å². The molecule has 0 saturated carbocycles. The number of rotatable bonds is 6. The highest BCUT2D eigenvalue weighted by Crippen LogP contribution is 2.30. The van der Waals surface area contributed by atoms with Crippen LogP contribution in [0.2, 0.25) is 5.02 Å². The Morgan fingerprint density at radius 3 is 2.50 bits per heavy atom. The number of methoxy groups -OCH3 is 2. The third-order valence-corrected chi connectivity index (χ3v) is 3.89. The van der Waals surface area contributed by atoms with Crippen molar-refractivity contribution in [3.8, 4) is 11.5 Å². The van der Waals surface area contributed by atoms with Gasteiger partial charge in [-0.1, -0.05) is 11.6 Å².